The second kappa shape index (κ2) is 9.68. The Balaban J connectivity index is 1.41. The molecule has 5 heterocycles. The molecule has 6 rings (SSSR count). The molecule has 0 amide bonds. The van der Waals surface area contributed by atoms with Crippen molar-refractivity contribution in [2.75, 3.05) is 27.2 Å². The molecule has 0 saturated heterocycles. The van der Waals surface area contributed by atoms with Crippen LogP contribution in [0.25, 0.3) is 55.6 Å². The molecule has 0 aliphatic heterocycles. The van der Waals surface area contributed by atoms with E-state index < -0.39 is 0 Å². The molecule has 38 heavy (non-hydrogen) atoms. The molecular weight excluding hydrogens is 481 g/mol. The van der Waals surface area contributed by atoms with Gasteiger partial charge in [0.25, 0.3) is 0 Å². The monoisotopic (exact) mass is 507 g/mol. The van der Waals surface area contributed by atoms with Crippen molar-refractivity contribution in [1.82, 2.24) is 35.0 Å². The molecule has 0 aliphatic carbocycles. The number of hydrogen-bond donors (Lipinski definition) is 2. The summed E-state index contributed by atoms with van der Waals surface area (Å²) in [6.45, 7) is 3.24. The summed E-state index contributed by atoms with van der Waals surface area (Å²) in [5.74, 6) is 0.123. The van der Waals surface area contributed by atoms with E-state index in [0.29, 0.717) is 17.9 Å². The third kappa shape index (κ3) is 4.48. The topological polar surface area (TPSA) is 95.6 Å². The van der Waals surface area contributed by atoms with Crippen LogP contribution in [0.1, 0.15) is 5.56 Å². The minimum Gasteiger partial charge on any atom is -0.492 e. The summed E-state index contributed by atoms with van der Waals surface area (Å²) in [6.07, 6.45) is 8.88. The predicted octanol–water partition coefficient (Wildman–Crippen LogP) is 5.62. The minimum absolute atomic E-state index is 0.362. The van der Waals surface area contributed by atoms with E-state index in [1.807, 2.05) is 56.4 Å². The maximum Gasteiger partial charge on any atom is 0.127 e. The first-order valence-corrected chi connectivity index (χ1v) is 12.3. The molecule has 0 fully saturated rings. The van der Waals surface area contributed by atoms with Crippen LogP contribution in [0.5, 0.6) is 5.75 Å². The van der Waals surface area contributed by atoms with Crippen molar-refractivity contribution in [2.45, 2.75) is 6.92 Å². The quantitative estimate of drug-likeness (QED) is 0.291. The molecule has 0 radical (unpaired) electrons. The fourth-order valence-electron chi connectivity index (χ4n) is 4.56. The maximum atomic E-state index is 14.6. The number of aromatic amines is 2. The highest BCUT2D eigenvalue weighted by Gasteiger charge is 2.16. The third-order valence-electron chi connectivity index (χ3n) is 6.55. The Hall–Kier alpha value is -4.63. The number of benzene rings is 1. The summed E-state index contributed by atoms with van der Waals surface area (Å²) < 4.78 is 20.4. The number of pyridine rings is 3. The zero-order valence-electron chi connectivity index (χ0n) is 21.3. The van der Waals surface area contributed by atoms with Crippen LogP contribution < -0.4 is 4.74 Å². The van der Waals surface area contributed by atoms with Crippen molar-refractivity contribution in [3.8, 4) is 39.5 Å². The molecule has 9 heteroatoms. The van der Waals surface area contributed by atoms with Crippen LogP contribution in [-0.4, -0.2) is 62.3 Å². The lowest BCUT2D eigenvalue weighted by atomic mass is 10.0. The van der Waals surface area contributed by atoms with E-state index in [9.17, 15) is 4.39 Å². The summed E-state index contributed by atoms with van der Waals surface area (Å²) in [6, 6.07) is 10.8. The number of aryl methyl sites for hydroxylation is 1. The van der Waals surface area contributed by atoms with Gasteiger partial charge in [-0.05, 0) is 62.5 Å². The Bertz CT molecular complexity index is 1770. The second-order valence-corrected chi connectivity index (χ2v) is 9.54. The van der Waals surface area contributed by atoms with Gasteiger partial charge >= 0.3 is 0 Å². The fraction of sp³-hybridized carbons (Fsp3) is 0.172. The molecule has 0 bridgehead atoms. The smallest absolute Gasteiger partial charge is 0.127 e. The van der Waals surface area contributed by atoms with E-state index in [0.717, 1.165) is 62.1 Å². The molecule has 0 spiro atoms. The molecule has 0 aliphatic rings. The summed E-state index contributed by atoms with van der Waals surface area (Å²) in [7, 11) is 3.94. The lowest BCUT2D eigenvalue weighted by Crippen LogP contribution is -2.19. The fourth-order valence-corrected chi connectivity index (χ4v) is 4.56. The number of ether oxygens (including phenoxy) is 1. The normalized spacial score (nSPS) is 11.6. The van der Waals surface area contributed by atoms with E-state index in [-0.39, 0.29) is 5.82 Å². The SMILES string of the molecule is Cc1ccncc1-c1cc2c(-c3cc4c(-c5cc(F)cc(OCCN(C)C)c5)cncc4[nH]3)n[nH]c2cn1. The van der Waals surface area contributed by atoms with Gasteiger partial charge in [0.2, 0.25) is 0 Å². The highest BCUT2D eigenvalue weighted by atomic mass is 19.1. The second-order valence-electron chi connectivity index (χ2n) is 9.54. The first-order valence-electron chi connectivity index (χ1n) is 12.3. The summed E-state index contributed by atoms with van der Waals surface area (Å²) in [5.41, 5.74) is 7.62. The van der Waals surface area contributed by atoms with Gasteiger partial charge in [-0.2, -0.15) is 5.10 Å². The van der Waals surface area contributed by atoms with Crippen molar-refractivity contribution >= 4 is 21.8 Å². The highest BCUT2D eigenvalue weighted by Crippen LogP contribution is 2.35. The average Bonchev–Trinajstić information content (AvgIpc) is 3.52. The first-order chi connectivity index (χ1) is 18.5. The van der Waals surface area contributed by atoms with Crippen LogP contribution in [0.2, 0.25) is 0 Å². The molecule has 0 atom stereocenters. The highest BCUT2D eigenvalue weighted by molar-refractivity contribution is 6.01. The Morgan fingerprint density at radius 1 is 0.921 bits per heavy atom. The van der Waals surface area contributed by atoms with Gasteiger partial charge in [0, 0.05) is 53.1 Å². The first kappa shape index (κ1) is 23.7. The van der Waals surface area contributed by atoms with E-state index in [1.165, 1.54) is 12.1 Å². The Morgan fingerprint density at radius 3 is 2.63 bits per heavy atom. The number of fused-ring (bicyclic) bond motifs is 2. The number of nitrogens with one attached hydrogen (secondary N) is 2. The lowest BCUT2D eigenvalue weighted by Gasteiger charge is -2.12. The number of likely N-dealkylation sites (N-methyl/N-ethyl adjacent to an activating group) is 1. The van der Waals surface area contributed by atoms with Gasteiger partial charge in [0.1, 0.15) is 23.9 Å². The molecule has 6 aromatic rings. The van der Waals surface area contributed by atoms with Gasteiger partial charge in [-0.3, -0.25) is 20.1 Å². The molecule has 0 saturated carbocycles. The number of rotatable bonds is 7. The standard InChI is InChI=1S/C29H26FN7O/c1-17-4-5-31-13-23(17)25-12-22-28(16-33-25)35-36-29(22)26-11-21-24(14-32-15-27(21)34-26)18-8-19(30)10-20(9-18)38-7-6-37(2)3/h4-5,8-16,34H,6-7H2,1-3H3,(H,35,36). The zero-order chi connectivity index (χ0) is 26.2. The van der Waals surface area contributed by atoms with Gasteiger partial charge < -0.3 is 14.6 Å². The van der Waals surface area contributed by atoms with Crippen LogP contribution in [0.3, 0.4) is 0 Å². The van der Waals surface area contributed by atoms with Gasteiger partial charge in [0.15, 0.2) is 0 Å². The van der Waals surface area contributed by atoms with Gasteiger partial charge in [0.05, 0.1) is 34.8 Å². The van der Waals surface area contributed by atoms with Crippen molar-refractivity contribution < 1.29 is 9.13 Å². The minimum atomic E-state index is -0.362. The summed E-state index contributed by atoms with van der Waals surface area (Å²) in [4.78, 5) is 18.7. The van der Waals surface area contributed by atoms with Crippen molar-refractivity contribution in [3.05, 3.63) is 78.8 Å². The van der Waals surface area contributed by atoms with Crippen LogP contribution in [0.15, 0.2) is 67.4 Å². The molecule has 8 nitrogen and oxygen atoms in total. The number of halogens is 1. The van der Waals surface area contributed by atoms with E-state index in [2.05, 4.69) is 30.1 Å². The van der Waals surface area contributed by atoms with Gasteiger partial charge in [-0.25, -0.2) is 4.39 Å². The lowest BCUT2D eigenvalue weighted by molar-refractivity contribution is 0.260. The van der Waals surface area contributed by atoms with E-state index in [1.54, 1.807) is 24.8 Å². The largest absolute Gasteiger partial charge is 0.492 e. The average molecular weight is 508 g/mol. The molecule has 0 unspecified atom stereocenters. The number of nitrogens with zero attached hydrogens (tertiary/aromatic N) is 5. The molecule has 2 N–H and O–H groups in total. The van der Waals surface area contributed by atoms with Crippen molar-refractivity contribution in [3.63, 3.8) is 0 Å². The number of hydrogen-bond acceptors (Lipinski definition) is 6. The third-order valence-corrected chi connectivity index (χ3v) is 6.55. The molecular formula is C29H26FN7O. The Labute approximate surface area is 218 Å². The molecule has 190 valence electrons. The van der Waals surface area contributed by atoms with E-state index >= 15 is 0 Å². The zero-order valence-corrected chi connectivity index (χ0v) is 21.3. The molecule has 1 aromatic carbocycles. The van der Waals surface area contributed by atoms with E-state index in [4.69, 9.17) is 4.74 Å². The van der Waals surface area contributed by atoms with Crippen molar-refractivity contribution in [1.29, 1.82) is 0 Å². The summed E-state index contributed by atoms with van der Waals surface area (Å²) in [5, 5.41) is 9.50. The maximum absolute atomic E-state index is 14.6. The van der Waals surface area contributed by atoms with Gasteiger partial charge in [-0.1, -0.05) is 0 Å². The van der Waals surface area contributed by atoms with Crippen molar-refractivity contribution in [2.24, 2.45) is 0 Å². The van der Waals surface area contributed by atoms with Crippen LogP contribution in [0, 0.1) is 12.7 Å². The predicted molar refractivity (Wildman–Crippen MR) is 146 cm³/mol. The van der Waals surface area contributed by atoms with Crippen LogP contribution in [-0.2, 0) is 0 Å². The van der Waals surface area contributed by atoms with Crippen LogP contribution in [0.4, 0.5) is 4.39 Å². The van der Waals surface area contributed by atoms with Gasteiger partial charge in [-0.15, -0.1) is 0 Å². The van der Waals surface area contributed by atoms with Crippen LogP contribution >= 0.6 is 0 Å². The Morgan fingerprint density at radius 2 is 1.79 bits per heavy atom. The number of H-pyrrole nitrogens is 2. The molecule has 5 aromatic heterocycles. The Kier molecular flexibility index (Phi) is 6.05. The number of aromatic nitrogens is 6. The summed E-state index contributed by atoms with van der Waals surface area (Å²) >= 11 is 0.